The molecule has 0 aromatic rings. The van der Waals surface area contributed by atoms with Crippen molar-refractivity contribution in [1.29, 1.82) is 0 Å². The maximum Gasteiger partial charge on any atom is 0.432 e. The van der Waals surface area contributed by atoms with Crippen LogP contribution >= 0.6 is 0 Å². The second kappa shape index (κ2) is 4.39. The van der Waals surface area contributed by atoms with Gasteiger partial charge in [0.05, 0.1) is 0 Å². The molecule has 0 rings (SSSR count). The van der Waals surface area contributed by atoms with E-state index in [1.54, 1.807) is 26.3 Å². The molecule has 0 fully saturated rings. The Morgan fingerprint density at radius 2 is 2.00 bits per heavy atom. The predicted octanol–water partition coefficient (Wildman–Crippen LogP) is 0.237. The zero-order valence-corrected chi connectivity index (χ0v) is 7.77. The molecule has 1 atom stereocenters. The Labute approximate surface area is 72.7 Å². The molecule has 1 unspecified atom stereocenters. The standard InChI is InChI=1S/C5H11NO5S/c1-5(2,3)10-4(7)6-11-12(8)9/h1-3H3,(H,6,7)(H,8,9)/p-1. The third kappa shape index (κ3) is 7.45. The van der Waals surface area contributed by atoms with Crippen molar-refractivity contribution >= 4 is 17.5 Å². The van der Waals surface area contributed by atoms with Gasteiger partial charge in [-0.1, -0.05) is 0 Å². The normalized spacial score (nSPS) is 13.7. The lowest BCUT2D eigenvalue weighted by Crippen LogP contribution is -2.32. The van der Waals surface area contributed by atoms with Crippen molar-refractivity contribution < 1.29 is 22.6 Å². The second-order valence-corrected chi connectivity index (χ2v) is 3.47. The Morgan fingerprint density at radius 3 is 2.33 bits per heavy atom. The van der Waals surface area contributed by atoms with Crippen LogP contribution in [-0.4, -0.2) is 20.5 Å². The Kier molecular flexibility index (Phi) is 4.15. The number of hydrogen-bond acceptors (Lipinski definition) is 5. The van der Waals surface area contributed by atoms with Gasteiger partial charge in [-0.15, -0.1) is 0 Å². The molecule has 0 aliphatic rings. The van der Waals surface area contributed by atoms with Crippen LogP contribution in [0.5, 0.6) is 0 Å². The number of ether oxygens (including phenoxy) is 1. The summed E-state index contributed by atoms with van der Waals surface area (Å²) in [5.74, 6) is 0. The second-order valence-electron chi connectivity index (χ2n) is 2.89. The third-order valence-corrected chi connectivity index (χ3v) is 0.811. The van der Waals surface area contributed by atoms with E-state index in [0.717, 1.165) is 0 Å². The van der Waals surface area contributed by atoms with Gasteiger partial charge in [-0.25, -0.2) is 9.00 Å². The van der Waals surface area contributed by atoms with Crippen molar-refractivity contribution in [3.8, 4) is 0 Å². The molecule has 0 aromatic carbocycles. The summed E-state index contributed by atoms with van der Waals surface area (Å²) in [4.78, 5) is 10.6. The molecule has 12 heavy (non-hydrogen) atoms. The number of rotatable bonds is 2. The molecule has 72 valence electrons. The van der Waals surface area contributed by atoms with Crippen LogP contribution in [0.25, 0.3) is 0 Å². The molecule has 0 aliphatic carbocycles. The predicted molar refractivity (Wildman–Crippen MR) is 39.4 cm³/mol. The van der Waals surface area contributed by atoms with E-state index < -0.39 is 23.1 Å². The average molecular weight is 196 g/mol. The Hall–Kier alpha value is -0.660. The van der Waals surface area contributed by atoms with Crippen LogP contribution in [0, 0.1) is 0 Å². The van der Waals surface area contributed by atoms with Crippen molar-refractivity contribution in [1.82, 2.24) is 5.48 Å². The van der Waals surface area contributed by atoms with Crippen LogP contribution in [0.2, 0.25) is 0 Å². The first-order chi connectivity index (χ1) is 5.31. The highest BCUT2D eigenvalue weighted by atomic mass is 32.2. The van der Waals surface area contributed by atoms with E-state index in [2.05, 4.69) is 9.02 Å². The van der Waals surface area contributed by atoms with Gasteiger partial charge in [0, 0.05) is 0 Å². The minimum atomic E-state index is -2.78. The first kappa shape index (κ1) is 11.3. The van der Waals surface area contributed by atoms with Crippen molar-refractivity contribution in [2.75, 3.05) is 0 Å². The molecular weight excluding hydrogens is 186 g/mol. The zero-order valence-electron chi connectivity index (χ0n) is 6.95. The molecule has 0 aromatic heterocycles. The number of nitrogens with one attached hydrogen (secondary N) is 1. The van der Waals surface area contributed by atoms with E-state index >= 15 is 0 Å². The van der Waals surface area contributed by atoms with Gasteiger partial charge in [-0.2, -0.15) is 9.76 Å². The minimum absolute atomic E-state index is 0.683. The Balaban J connectivity index is 3.68. The van der Waals surface area contributed by atoms with E-state index in [1.807, 2.05) is 0 Å². The zero-order chi connectivity index (χ0) is 9.78. The lowest BCUT2D eigenvalue weighted by molar-refractivity contribution is 0.0293. The topological polar surface area (TPSA) is 87.7 Å². The van der Waals surface area contributed by atoms with Gasteiger partial charge in [0.1, 0.15) is 17.0 Å². The monoisotopic (exact) mass is 196 g/mol. The Morgan fingerprint density at radius 1 is 1.50 bits per heavy atom. The van der Waals surface area contributed by atoms with Crippen molar-refractivity contribution in [2.24, 2.45) is 0 Å². The molecule has 0 bridgehead atoms. The molecule has 7 heteroatoms. The van der Waals surface area contributed by atoms with Crippen LogP contribution in [0.1, 0.15) is 20.8 Å². The summed E-state index contributed by atoms with van der Waals surface area (Å²) in [6, 6.07) is 0. The smallest absolute Gasteiger partial charge is 0.432 e. The maximum atomic E-state index is 10.6. The van der Waals surface area contributed by atoms with Gasteiger partial charge in [-0.3, -0.25) is 0 Å². The highest BCUT2D eigenvalue weighted by Gasteiger charge is 2.15. The molecule has 0 saturated carbocycles. The summed E-state index contributed by atoms with van der Waals surface area (Å²) >= 11 is -2.78. The fourth-order valence-electron chi connectivity index (χ4n) is 0.367. The fourth-order valence-corrected chi connectivity index (χ4v) is 0.503. The van der Waals surface area contributed by atoms with Gasteiger partial charge in [0.15, 0.2) is 0 Å². The minimum Gasteiger partial charge on any atom is -0.748 e. The summed E-state index contributed by atoms with van der Waals surface area (Å²) in [5, 5.41) is 0. The van der Waals surface area contributed by atoms with Crippen LogP contribution in [0.15, 0.2) is 0 Å². The summed E-state index contributed by atoms with van der Waals surface area (Å²) in [7, 11) is 0. The summed E-state index contributed by atoms with van der Waals surface area (Å²) in [5.41, 5.74) is 0.882. The molecule has 0 saturated heterocycles. The number of carbonyl (C=O) groups is 1. The Bertz CT molecular complexity index is 187. The van der Waals surface area contributed by atoms with Crippen molar-refractivity contribution in [2.45, 2.75) is 26.4 Å². The van der Waals surface area contributed by atoms with E-state index in [9.17, 15) is 13.6 Å². The van der Waals surface area contributed by atoms with Gasteiger partial charge in [-0.05, 0) is 20.8 Å². The van der Waals surface area contributed by atoms with Gasteiger partial charge >= 0.3 is 6.09 Å². The van der Waals surface area contributed by atoms with E-state index in [4.69, 9.17) is 0 Å². The van der Waals surface area contributed by atoms with Gasteiger partial charge < -0.3 is 9.29 Å². The highest BCUT2D eigenvalue weighted by molar-refractivity contribution is 7.74. The molecule has 0 aliphatic heterocycles. The summed E-state index contributed by atoms with van der Waals surface area (Å²) in [6.07, 6.45) is -0.952. The van der Waals surface area contributed by atoms with E-state index in [1.165, 1.54) is 0 Å². The van der Waals surface area contributed by atoms with Crippen molar-refractivity contribution in [3.05, 3.63) is 0 Å². The van der Waals surface area contributed by atoms with Gasteiger partial charge in [0.2, 0.25) is 0 Å². The van der Waals surface area contributed by atoms with Crippen molar-refractivity contribution in [3.63, 3.8) is 0 Å². The quantitative estimate of drug-likeness (QED) is 0.504. The first-order valence-electron chi connectivity index (χ1n) is 3.07. The molecule has 0 radical (unpaired) electrons. The molecule has 0 spiro atoms. The van der Waals surface area contributed by atoms with Crippen LogP contribution in [0.3, 0.4) is 0 Å². The molecule has 1 amide bonds. The van der Waals surface area contributed by atoms with Crippen LogP contribution in [-0.2, 0) is 20.4 Å². The largest absolute Gasteiger partial charge is 0.748 e. The summed E-state index contributed by atoms with van der Waals surface area (Å²) < 4.78 is 27.9. The molecule has 1 N–H and O–H groups in total. The number of carbonyl (C=O) groups excluding carboxylic acids is 1. The first-order valence-corrected chi connectivity index (χ1v) is 4.07. The molecular formula is C5H10NO5S-. The third-order valence-electron chi connectivity index (χ3n) is 0.592. The number of hydrogen-bond donors (Lipinski definition) is 1. The fraction of sp³-hybridized carbons (Fsp3) is 0.800. The highest BCUT2D eigenvalue weighted by Crippen LogP contribution is 2.06. The van der Waals surface area contributed by atoms with Crippen LogP contribution < -0.4 is 5.48 Å². The number of amides is 1. The number of hydroxylamine groups is 1. The summed E-state index contributed by atoms with van der Waals surface area (Å²) in [6.45, 7) is 4.92. The molecule has 0 heterocycles. The lowest BCUT2D eigenvalue weighted by Gasteiger charge is -2.19. The van der Waals surface area contributed by atoms with Crippen LogP contribution in [0.4, 0.5) is 4.79 Å². The maximum absolute atomic E-state index is 10.6. The molecule has 6 nitrogen and oxygen atoms in total. The lowest BCUT2D eigenvalue weighted by atomic mass is 10.2. The van der Waals surface area contributed by atoms with E-state index in [-0.39, 0.29) is 0 Å². The average Bonchev–Trinajstić information content (AvgIpc) is 1.79. The van der Waals surface area contributed by atoms with Gasteiger partial charge in [0.25, 0.3) is 0 Å². The SMILES string of the molecule is CC(C)(C)OC(=O)NOS(=O)[O-]. The van der Waals surface area contributed by atoms with E-state index in [0.29, 0.717) is 0 Å².